The van der Waals surface area contributed by atoms with Crippen molar-refractivity contribution in [1.29, 1.82) is 0 Å². The van der Waals surface area contributed by atoms with E-state index in [2.05, 4.69) is 37.4 Å². The monoisotopic (exact) mass is 302 g/mol. The first-order chi connectivity index (χ1) is 10.5. The Morgan fingerprint density at radius 1 is 1.41 bits per heavy atom. The number of nitrogens with two attached hydrogens (primary N) is 1. The van der Waals surface area contributed by atoms with Crippen LogP contribution in [0.5, 0.6) is 0 Å². The standard InChI is InChI=1S/C18H26N2O2/c1-12-3-4-14-10-13(2)16(15(14)9-12)20-11-18(17(19)21)5-7-22-8-6-18/h3-4,9,13,16,20H,5-8,10-11H2,1-2H3,(H2,19,21)/t13-,16-/m0/s1. The van der Waals surface area contributed by atoms with Crippen molar-refractivity contribution in [2.75, 3.05) is 19.8 Å². The van der Waals surface area contributed by atoms with Gasteiger partial charge in [-0.15, -0.1) is 0 Å². The lowest BCUT2D eigenvalue weighted by Gasteiger charge is -2.36. The molecule has 0 unspecified atom stereocenters. The van der Waals surface area contributed by atoms with E-state index < -0.39 is 5.41 Å². The highest BCUT2D eigenvalue weighted by Crippen LogP contribution is 2.38. The molecule has 3 N–H and O–H groups in total. The summed E-state index contributed by atoms with van der Waals surface area (Å²) in [6.45, 7) is 6.30. The van der Waals surface area contributed by atoms with Crippen molar-refractivity contribution >= 4 is 5.91 Å². The Bertz CT molecular complexity index is 564. The molecule has 4 nitrogen and oxygen atoms in total. The molecule has 4 heteroatoms. The van der Waals surface area contributed by atoms with Crippen molar-refractivity contribution in [3.05, 3.63) is 34.9 Å². The van der Waals surface area contributed by atoms with Crippen LogP contribution in [-0.2, 0) is 16.0 Å². The Hall–Kier alpha value is -1.39. The zero-order chi connectivity index (χ0) is 15.7. The molecule has 0 bridgehead atoms. The molecule has 0 saturated carbocycles. The number of benzene rings is 1. The van der Waals surface area contributed by atoms with Gasteiger partial charge in [-0.25, -0.2) is 0 Å². The molecule has 2 atom stereocenters. The third-order valence-corrected chi connectivity index (χ3v) is 5.38. The number of aryl methyl sites for hydroxylation is 1. The normalized spacial score (nSPS) is 26.6. The highest BCUT2D eigenvalue weighted by atomic mass is 16.5. The first-order valence-corrected chi connectivity index (χ1v) is 8.22. The van der Waals surface area contributed by atoms with Crippen molar-refractivity contribution in [1.82, 2.24) is 5.32 Å². The number of rotatable bonds is 4. The molecule has 1 fully saturated rings. The number of hydrogen-bond donors (Lipinski definition) is 2. The van der Waals surface area contributed by atoms with Crippen LogP contribution < -0.4 is 11.1 Å². The quantitative estimate of drug-likeness (QED) is 0.895. The minimum absolute atomic E-state index is 0.196. The molecule has 0 aromatic heterocycles. The third-order valence-electron chi connectivity index (χ3n) is 5.38. The first kappa shape index (κ1) is 15.5. The van der Waals surface area contributed by atoms with Crippen LogP contribution >= 0.6 is 0 Å². The van der Waals surface area contributed by atoms with Gasteiger partial charge in [0, 0.05) is 25.8 Å². The van der Waals surface area contributed by atoms with Crippen molar-refractivity contribution in [3.8, 4) is 0 Å². The molecule has 1 aromatic carbocycles. The summed E-state index contributed by atoms with van der Waals surface area (Å²) < 4.78 is 5.40. The van der Waals surface area contributed by atoms with E-state index in [1.54, 1.807) is 0 Å². The zero-order valence-corrected chi connectivity index (χ0v) is 13.5. The van der Waals surface area contributed by atoms with Gasteiger partial charge in [0.25, 0.3) is 0 Å². The van der Waals surface area contributed by atoms with Gasteiger partial charge in [-0.05, 0) is 43.2 Å². The molecule has 0 radical (unpaired) electrons. The van der Waals surface area contributed by atoms with Gasteiger partial charge in [0.2, 0.25) is 5.91 Å². The number of ether oxygens (including phenoxy) is 1. The van der Waals surface area contributed by atoms with E-state index >= 15 is 0 Å². The van der Waals surface area contributed by atoms with Crippen LogP contribution in [-0.4, -0.2) is 25.7 Å². The number of fused-ring (bicyclic) bond motifs is 1. The van der Waals surface area contributed by atoms with Gasteiger partial charge < -0.3 is 15.8 Å². The molecule has 0 spiro atoms. The highest BCUT2D eigenvalue weighted by Gasteiger charge is 2.40. The van der Waals surface area contributed by atoms with Crippen molar-refractivity contribution in [3.63, 3.8) is 0 Å². The summed E-state index contributed by atoms with van der Waals surface area (Å²) in [6.07, 6.45) is 2.54. The summed E-state index contributed by atoms with van der Waals surface area (Å²) in [4.78, 5) is 12.0. The topological polar surface area (TPSA) is 64.3 Å². The summed E-state index contributed by atoms with van der Waals surface area (Å²) >= 11 is 0. The van der Waals surface area contributed by atoms with Crippen LogP contribution in [0, 0.1) is 18.3 Å². The van der Waals surface area contributed by atoms with Gasteiger partial charge >= 0.3 is 0 Å². The van der Waals surface area contributed by atoms with Gasteiger partial charge in [0.1, 0.15) is 0 Å². The Balaban J connectivity index is 1.76. The molecule has 1 heterocycles. The number of primary amides is 1. The van der Waals surface area contributed by atoms with Gasteiger partial charge in [-0.2, -0.15) is 0 Å². The fraction of sp³-hybridized carbons (Fsp3) is 0.611. The maximum absolute atomic E-state index is 12.0. The first-order valence-electron chi connectivity index (χ1n) is 8.22. The summed E-state index contributed by atoms with van der Waals surface area (Å²) in [5, 5.41) is 3.65. The largest absolute Gasteiger partial charge is 0.381 e. The molecule has 2 aliphatic rings. The van der Waals surface area contributed by atoms with Gasteiger partial charge in [-0.3, -0.25) is 4.79 Å². The molecule has 1 amide bonds. The second kappa shape index (κ2) is 6.01. The van der Waals surface area contributed by atoms with Crippen molar-refractivity contribution < 1.29 is 9.53 Å². The third kappa shape index (κ3) is 2.77. The van der Waals surface area contributed by atoms with Crippen LogP contribution in [0.25, 0.3) is 0 Å². The van der Waals surface area contributed by atoms with Crippen molar-refractivity contribution in [2.24, 2.45) is 17.1 Å². The minimum atomic E-state index is -0.454. The second-order valence-electron chi connectivity index (χ2n) is 7.00. The Labute approximate surface area is 132 Å². The lowest BCUT2D eigenvalue weighted by atomic mass is 9.79. The molecule has 1 aliphatic carbocycles. The van der Waals surface area contributed by atoms with Crippen LogP contribution in [0.4, 0.5) is 0 Å². The van der Waals surface area contributed by atoms with Crippen LogP contribution in [0.3, 0.4) is 0 Å². The molecular weight excluding hydrogens is 276 g/mol. The lowest BCUT2D eigenvalue weighted by Crippen LogP contribution is -2.49. The number of nitrogens with one attached hydrogen (secondary N) is 1. The van der Waals surface area contributed by atoms with Crippen molar-refractivity contribution in [2.45, 2.75) is 39.2 Å². The summed E-state index contributed by atoms with van der Waals surface area (Å²) in [5.41, 5.74) is 9.35. The maximum atomic E-state index is 12.0. The lowest BCUT2D eigenvalue weighted by molar-refractivity contribution is -0.133. The van der Waals surface area contributed by atoms with Gasteiger partial charge in [-0.1, -0.05) is 30.7 Å². The Kier molecular flexibility index (Phi) is 4.24. The highest BCUT2D eigenvalue weighted by molar-refractivity contribution is 5.81. The minimum Gasteiger partial charge on any atom is -0.381 e. The molecule has 1 saturated heterocycles. The molecule has 1 aliphatic heterocycles. The average molecular weight is 302 g/mol. The number of carbonyl (C=O) groups excluding carboxylic acids is 1. The SMILES string of the molecule is Cc1ccc2c(c1)[C@@H](NCC1(C(N)=O)CCOCC1)[C@@H](C)C2. The molecule has 1 aromatic rings. The van der Waals surface area contributed by atoms with E-state index in [0.717, 1.165) is 19.3 Å². The Morgan fingerprint density at radius 3 is 2.82 bits per heavy atom. The van der Waals surface area contributed by atoms with Crippen LogP contribution in [0.1, 0.15) is 42.5 Å². The number of amides is 1. The summed E-state index contributed by atoms with van der Waals surface area (Å²) in [6, 6.07) is 7.00. The fourth-order valence-electron chi connectivity index (χ4n) is 3.85. The van der Waals surface area contributed by atoms with E-state index in [9.17, 15) is 4.79 Å². The maximum Gasteiger partial charge on any atom is 0.225 e. The smallest absolute Gasteiger partial charge is 0.225 e. The van der Waals surface area contributed by atoms with E-state index in [1.165, 1.54) is 16.7 Å². The molecule has 3 rings (SSSR count). The van der Waals surface area contributed by atoms with E-state index in [-0.39, 0.29) is 5.91 Å². The van der Waals surface area contributed by atoms with Gasteiger partial charge in [0.05, 0.1) is 5.41 Å². The van der Waals surface area contributed by atoms with Crippen LogP contribution in [0.2, 0.25) is 0 Å². The van der Waals surface area contributed by atoms with E-state index in [0.29, 0.717) is 31.7 Å². The van der Waals surface area contributed by atoms with E-state index in [4.69, 9.17) is 10.5 Å². The second-order valence-corrected chi connectivity index (χ2v) is 7.00. The fourth-order valence-corrected chi connectivity index (χ4v) is 3.85. The summed E-state index contributed by atoms with van der Waals surface area (Å²) in [5.74, 6) is 0.347. The predicted molar refractivity (Wildman–Crippen MR) is 86.5 cm³/mol. The zero-order valence-electron chi connectivity index (χ0n) is 13.5. The number of hydrogen-bond acceptors (Lipinski definition) is 3. The van der Waals surface area contributed by atoms with E-state index in [1.807, 2.05) is 0 Å². The summed E-state index contributed by atoms with van der Waals surface area (Å²) in [7, 11) is 0. The number of carbonyl (C=O) groups is 1. The molecule has 120 valence electrons. The van der Waals surface area contributed by atoms with Gasteiger partial charge in [0.15, 0.2) is 0 Å². The predicted octanol–water partition coefficient (Wildman–Crippen LogP) is 2.10. The Morgan fingerprint density at radius 2 is 2.14 bits per heavy atom. The van der Waals surface area contributed by atoms with Crippen LogP contribution in [0.15, 0.2) is 18.2 Å². The average Bonchev–Trinajstić information content (AvgIpc) is 2.81. The molecular formula is C18H26N2O2. The molecule has 22 heavy (non-hydrogen) atoms.